The molecule has 0 radical (unpaired) electrons. The molecule has 13 aromatic rings. The molecule has 7 nitrogen and oxygen atoms in total. The first-order chi connectivity index (χ1) is 40.9. The summed E-state index contributed by atoms with van der Waals surface area (Å²) < 4.78 is 14.3. The summed E-state index contributed by atoms with van der Waals surface area (Å²) in [5, 5.41) is 6.44. The maximum atomic E-state index is 7.50. The molecule has 83 heavy (non-hydrogen) atoms. The Hall–Kier alpha value is -11.0. The summed E-state index contributed by atoms with van der Waals surface area (Å²) in [4.78, 5) is 11.5. The minimum absolute atomic E-state index is 0.591. The third kappa shape index (κ3) is 8.70. The third-order valence-electron chi connectivity index (χ3n) is 15.8. The Morgan fingerprint density at radius 1 is 0.542 bits per heavy atom. The van der Waals surface area contributed by atoms with E-state index in [0.717, 1.165) is 145 Å². The van der Waals surface area contributed by atoms with Gasteiger partial charge < -0.3 is 18.5 Å². The van der Waals surface area contributed by atoms with Crippen molar-refractivity contribution in [2.75, 3.05) is 4.90 Å². The number of para-hydroxylation sites is 3. The number of hydrogen-bond acceptors (Lipinski definition) is 4. The summed E-state index contributed by atoms with van der Waals surface area (Å²) in [6.45, 7) is 26.8. The monoisotopic (exact) mass is 1070 g/mol. The van der Waals surface area contributed by atoms with Crippen molar-refractivity contribution in [2.45, 2.75) is 13.5 Å². The van der Waals surface area contributed by atoms with Crippen LogP contribution in [0, 0.1) is 0 Å². The third-order valence-corrected chi connectivity index (χ3v) is 15.8. The summed E-state index contributed by atoms with van der Waals surface area (Å²) in [6, 6.07) is 71.5. The van der Waals surface area contributed by atoms with E-state index in [9.17, 15) is 0 Å². The van der Waals surface area contributed by atoms with E-state index in [0.29, 0.717) is 12.2 Å². The van der Waals surface area contributed by atoms with Gasteiger partial charge in [0, 0.05) is 56.4 Å². The van der Waals surface area contributed by atoms with Crippen molar-refractivity contribution in [3.8, 4) is 45.0 Å². The number of rotatable bonds is 17. The summed E-state index contributed by atoms with van der Waals surface area (Å²) in [6.07, 6.45) is 15.0. The van der Waals surface area contributed by atoms with Crippen LogP contribution in [0.4, 0.5) is 5.69 Å². The predicted octanol–water partition coefficient (Wildman–Crippen LogP) is 20.2. The van der Waals surface area contributed by atoms with E-state index in [-0.39, 0.29) is 0 Å². The van der Waals surface area contributed by atoms with Crippen molar-refractivity contribution in [3.05, 3.63) is 298 Å². The molecule has 0 saturated carbocycles. The highest BCUT2D eigenvalue weighted by atomic mass is 16.3. The summed E-state index contributed by atoms with van der Waals surface area (Å²) in [5.41, 5.74) is 19.7. The molecule has 4 heterocycles. The Kier molecular flexibility index (Phi) is 13.4. The highest BCUT2D eigenvalue weighted by Crippen LogP contribution is 2.46. The van der Waals surface area contributed by atoms with Gasteiger partial charge in [0.05, 0.1) is 55.6 Å². The Bertz CT molecular complexity index is 4840. The number of imidazole rings is 1. The van der Waals surface area contributed by atoms with Crippen molar-refractivity contribution >= 4 is 95.8 Å². The number of hydrogen-bond donors (Lipinski definition) is 0. The fraction of sp³-hybridized carbons (Fsp3) is 0.0263. The highest BCUT2D eigenvalue weighted by molar-refractivity contribution is 6.29. The minimum atomic E-state index is 0.591. The molecule has 0 aliphatic carbocycles. The van der Waals surface area contributed by atoms with Crippen molar-refractivity contribution in [3.63, 3.8) is 0 Å². The first kappa shape index (κ1) is 51.4. The summed E-state index contributed by atoms with van der Waals surface area (Å²) >= 11 is 0. The van der Waals surface area contributed by atoms with E-state index in [1.54, 1.807) is 18.2 Å². The fourth-order valence-corrected chi connectivity index (χ4v) is 12.0. The molecule has 13 rings (SSSR count). The van der Waals surface area contributed by atoms with Crippen LogP contribution in [-0.4, -0.2) is 25.4 Å². The molecule has 0 aliphatic rings. The largest absolute Gasteiger partial charge is 0.455 e. The van der Waals surface area contributed by atoms with Gasteiger partial charge in [-0.05, 0) is 163 Å². The molecule has 0 saturated heterocycles. The van der Waals surface area contributed by atoms with E-state index in [4.69, 9.17) is 9.40 Å². The Balaban J connectivity index is 0.971. The Morgan fingerprint density at radius 2 is 1.05 bits per heavy atom. The standard InChI is InChI=1S/C76H58N6O/c1-8-23-57(24-9-2)82-67(13-6)65(11-4)78-76(82)53-37-35-52(36-38-53)55-40-44-69-63(48-55)73-71(81(69)59-29-21-16-22-30-59)46-42-61-60-41-45-70-72(74(60)83-75(61)73)62-47-54(39-43-68(62)80(70)58-27-19-15-20-28-58)51-33-31-50(32-34-51)49-79(56-25-17-14-18-26-56)66(12-5)64(10-3)77-7/h8-48H,1,3-7,49H2,2H3/b24-9-,57-23+,66-64-. The number of benzene rings is 9. The minimum Gasteiger partial charge on any atom is -0.455 e. The molecule has 0 aliphatic heterocycles. The molecule has 7 heteroatoms. The van der Waals surface area contributed by atoms with Crippen LogP contribution in [0.1, 0.15) is 23.9 Å². The van der Waals surface area contributed by atoms with E-state index in [1.165, 1.54) is 0 Å². The zero-order valence-corrected chi connectivity index (χ0v) is 46.2. The van der Waals surface area contributed by atoms with E-state index in [1.807, 2.05) is 55.5 Å². The topological polar surface area (TPSA) is 56.4 Å². The smallest absolute Gasteiger partial charge is 0.145 e. The van der Waals surface area contributed by atoms with Gasteiger partial charge in [-0.3, -0.25) is 9.56 Å². The van der Waals surface area contributed by atoms with Crippen LogP contribution in [-0.2, 0) is 6.54 Å². The van der Waals surface area contributed by atoms with Crippen LogP contribution >= 0.6 is 0 Å². The van der Waals surface area contributed by atoms with Gasteiger partial charge in [0.1, 0.15) is 17.0 Å². The summed E-state index contributed by atoms with van der Waals surface area (Å²) in [7, 11) is 0. The van der Waals surface area contributed by atoms with Crippen molar-refractivity contribution in [2.24, 2.45) is 4.99 Å². The Labute approximate surface area is 482 Å². The molecule has 398 valence electrons. The molecule has 9 aromatic carbocycles. The number of aliphatic imine (C=N–C) groups is 1. The average molecular weight is 1070 g/mol. The van der Waals surface area contributed by atoms with Crippen LogP contribution in [0.15, 0.2) is 290 Å². The number of nitrogens with zero attached hydrogens (tertiary/aromatic N) is 6. The molecule has 0 bridgehead atoms. The van der Waals surface area contributed by atoms with Gasteiger partial charge in [0.15, 0.2) is 0 Å². The van der Waals surface area contributed by atoms with Crippen molar-refractivity contribution < 1.29 is 4.42 Å². The van der Waals surface area contributed by atoms with Gasteiger partial charge in [-0.25, -0.2) is 4.98 Å². The average Bonchev–Trinajstić information content (AvgIpc) is 2.09. The summed E-state index contributed by atoms with van der Waals surface area (Å²) in [5.74, 6) is 0.788. The lowest BCUT2D eigenvalue weighted by Gasteiger charge is -2.27. The normalized spacial score (nSPS) is 12.2. The van der Waals surface area contributed by atoms with Crippen LogP contribution < -0.4 is 4.90 Å². The molecular formula is C76H58N6O. The van der Waals surface area contributed by atoms with E-state index in [2.05, 4.69) is 245 Å². The number of fused-ring (bicyclic) bond motifs is 11. The molecule has 0 amide bonds. The van der Waals surface area contributed by atoms with Gasteiger partial charge in [-0.15, -0.1) is 0 Å². The molecule has 0 N–H and O–H groups in total. The van der Waals surface area contributed by atoms with Gasteiger partial charge in [0.2, 0.25) is 0 Å². The quantitative estimate of drug-likeness (QED) is 0.0674. The molecule has 0 fully saturated rings. The molecule has 0 atom stereocenters. The van der Waals surface area contributed by atoms with Gasteiger partial charge in [0.25, 0.3) is 0 Å². The lowest BCUT2D eigenvalue weighted by molar-refractivity contribution is 0.677. The second-order valence-corrected chi connectivity index (χ2v) is 20.4. The molecule has 0 unspecified atom stereocenters. The zero-order chi connectivity index (χ0) is 56.7. The van der Waals surface area contributed by atoms with Crippen molar-refractivity contribution in [1.82, 2.24) is 18.7 Å². The van der Waals surface area contributed by atoms with Crippen LogP contribution in [0.2, 0.25) is 0 Å². The number of anilines is 1. The second-order valence-electron chi connectivity index (χ2n) is 20.4. The van der Waals surface area contributed by atoms with E-state index < -0.39 is 0 Å². The van der Waals surface area contributed by atoms with Gasteiger partial charge >= 0.3 is 0 Å². The SMILES string of the molecule is C=C/C=C(\C=C/C)n1c(-c2ccc(-c3ccc4c(c3)c3c5oc6c(ccc7c6c6cc(-c8ccc(CN(/C(C=C)=C(/C=C)N=C)c9ccccc9)cc8)ccc6n7-c6ccccc6)c5ccc3n4-c3ccccc3)cc2)nc(C=C)c1C=C. The number of furan rings is 1. The molecule has 4 aromatic heterocycles. The highest BCUT2D eigenvalue weighted by Gasteiger charge is 2.24. The lowest BCUT2D eigenvalue weighted by Crippen LogP contribution is -2.22. The molecule has 0 spiro atoms. The maximum Gasteiger partial charge on any atom is 0.145 e. The van der Waals surface area contributed by atoms with Gasteiger partial charge in [-0.2, -0.15) is 0 Å². The van der Waals surface area contributed by atoms with Gasteiger partial charge in [-0.1, -0.05) is 160 Å². The Morgan fingerprint density at radius 3 is 1.53 bits per heavy atom. The number of allylic oxidation sites excluding steroid dienone is 7. The zero-order valence-electron chi connectivity index (χ0n) is 46.2. The van der Waals surface area contributed by atoms with Crippen LogP contribution in [0.3, 0.4) is 0 Å². The second kappa shape index (κ2) is 21.6. The maximum absolute atomic E-state index is 7.50. The van der Waals surface area contributed by atoms with Crippen LogP contribution in [0.5, 0.6) is 0 Å². The fourth-order valence-electron chi connectivity index (χ4n) is 12.0. The van der Waals surface area contributed by atoms with Crippen LogP contribution in [0.25, 0.3) is 128 Å². The first-order valence-corrected chi connectivity index (χ1v) is 27.7. The van der Waals surface area contributed by atoms with Crippen molar-refractivity contribution in [1.29, 1.82) is 0 Å². The van der Waals surface area contributed by atoms with E-state index >= 15 is 0 Å². The molecular weight excluding hydrogens is 1010 g/mol. The number of aromatic nitrogens is 4. The lowest BCUT2D eigenvalue weighted by atomic mass is 10.00. The predicted molar refractivity (Wildman–Crippen MR) is 354 cm³/mol. The first-order valence-electron chi connectivity index (χ1n) is 27.7.